The van der Waals surface area contributed by atoms with Crippen LogP contribution in [0.1, 0.15) is 57.4 Å². The zero-order valence-electron chi connectivity index (χ0n) is 14.8. The molecule has 1 fully saturated rings. The van der Waals surface area contributed by atoms with Gasteiger partial charge in [-0.15, -0.1) is 0 Å². The molecule has 1 heterocycles. The summed E-state index contributed by atoms with van der Waals surface area (Å²) in [4.78, 5) is 13.7. The Morgan fingerprint density at radius 2 is 2.12 bits per heavy atom. The molecule has 1 atom stereocenters. The molecule has 1 saturated heterocycles. The normalized spacial score (nSPS) is 19.9. The number of halogens is 1. The second kappa shape index (κ2) is 8.32. The molecule has 1 aliphatic heterocycles. The van der Waals surface area contributed by atoms with Crippen LogP contribution in [0.3, 0.4) is 0 Å². The zero-order chi connectivity index (χ0) is 17.6. The number of benzene rings is 1. The van der Waals surface area contributed by atoms with Crippen LogP contribution in [0.5, 0.6) is 0 Å². The number of allylic oxidation sites excluding steroid dienone is 4. The quantitative estimate of drug-likeness (QED) is 0.581. The maximum absolute atomic E-state index is 14.5. The van der Waals surface area contributed by atoms with E-state index in [1.165, 1.54) is 18.9 Å². The van der Waals surface area contributed by atoms with Crippen LogP contribution >= 0.6 is 0 Å². The number of rotatable bonds is 7. The van der Waals surface area contributed by atoms with E-state index < -0.39 is 0 Å². The van der Waals surface area contributed by atoms with Gasteiger partial charge in [-0.25, -0.2) is 9.18 Å². The van der Waals surface area contributed by atoms with Gasteiger partial charge in [0.1, 0.15) is 11.9 Å². The van der Waals surface area contributed by atoms with Gasteiger partial charge >= 0.3 is 6.09 Å². The van der Waals surface area contributed by atoms with E-state index in [0.29, 0.717) is 17.8 Å². The Morgan fingerprint density at radius 1 is 1.24 bits per heavy atom. The maximum Gasteiger partial charge on any atom is 0.414 e. The van der Waals surface area contributed by atoms with Crippen LogP contribution in [0, 0.1) is 5.82 Å². The predicted octanol–water partition coefficient (Wildman–Crippen LogP) is 5.85. The highest BCUT2D eigenvalue weighted by Gasteiger charge is 2.32. The van der Waals surface area contributed by atoms with Crippen LogP contribution < -0.4 is 4.90 Å². The lowest BCUT2D eigenvalue weighted by Gasteiger charge is -2.15. The summed E-state index contributed by atoms with van der Waals surface area (Å²) in [5.41, 5.74) is 2.07. The SMILES string of the molecule is CCCCCC[C@@H]1CN(c2ccc(C3=CCCC=C3)c(F)c2)C(=O)O1. The number of cyclic esters (lactones) is 1. The van der Waals surface area contributed by atoms with Gasteiger partial charge < -0.3 is 4.74 Å². The minimum Gasteiger partial charge on any atom is -0.444 e. The van der Waals surface area contributed by atoms with E-state index in [-0.39, 0.29) is 18.0 Å². The Bertz CT molecular complexity index is 680. The van der Waals surface area contributed by atoms with Gasteiger partial charge in [0.2, 0.25) is 0 Å². The van der Waals surface area contributed by atoms with E-state index in [2.05, 4.69) is 19.1 Å². The molecule has 25 heavy (non-hydrogen) atoms. The molecule has 0 saturated carbocycles. The smallest absolute Gasteiger partial charge is 0.414 e. The van der Waals surface area contributed by atoms with Crippen LogP contribution in [-0.2, 0) is 4.74 Å². The third-order valence-corrected chi connectivity index (χ3v) is 4.82. The molecule has 0 unspecified atom stereocenters. The monoisotopic (exact) mass is 343 g/mol. The van der Waals surface area contributed by atoms with Crippen molar-refractivity contribution in [3.05, 3.63) is 47.8 Å². The summed E-state index contributed by atoms with van der Waals surface area (Å²) in [7, 11) is 0. The van der Waals surface area contributed by atoms with Crippen molar-refractivity contribution < 1.29 is 13.9 Å². The molecule has 2 aliphatic rings. The molecular formula is C21H26FNO2. The molecule has 1 amide bonds. The van der Waals surface area contributed by atoms with E-state index in [1.54, 1.807) is 11.0 Å². The highest BCUT2D eigenvalue weighted by Crippen LogP contribution is 2.29. The number of hydrogen-bond donors (Lipinski definition) is 0. The average Bonchev–Trinajstić information content (AvgIpc) is 3.00. The van der Waals surface area contributed by atoms with Crippen LogP contribution in [0.2, 0.25) is 0 Å². The van der Waals surface area contributed by atoms with E-state index in [0.717, 1.165) is 37.7 Å². The molecule has 3 rings (SSSR count). The lowest BCUT2D eigenvalue weighted by Crippen LogP contribution is -2.24. The number of unbranched alkanes of at least 4 members (excludes halogenated alkanes) is 3. The van der Waals surface area contributed by atoms with E-state index in [4.69, 9.17) is 4.74 Å². The molecule has 0 N–H and O–H groups in total. The van der Waals surface area contributed by atoms with Gasteiger partial charge in [0.15, 0.2) is 0 Å². The van der Waals surface area contributed by atoms with Crippen molar-refractivity contribution in [2.75, 3.05) is 11.4 Å². The number of amides is 1. The Labute approximate surface area is 149 Å². The number of carbonyl (C=O) groups is 1. The lowest BCUT2D eigenvalue weighted by atomic mass is 9.99. The van der Waals surface area contributed by atoms with Gasteiger partial charge in [-0.1, -0.05) is 44.4 Å². The molecule has 3 nitrogen and oxygen atoms in total. The number of nitrogens with zero attached hydrogens (tertiary/aromatic N) is 1. The minimum atomic E-state index is -0.371. The lowest BCUT2D eigenvalue weighted by molar-refractivity contribution is 0.135. The second-order valence-electron chi connectivity index (χ2n) is 6.77. The molecule has 1 aliphatic carbocycles. The molecule has 0 radical (unpaired) electrons. The van der Waals surface area contributed by atoms with Crippen molar-refractivity contribution in [3.8, 4) is 0 Å². The summed E-state index contributed by atoms with van der Waals surface area (Å²) >= 11 is 0. The van der Waals surface area contributed by atoms with Crippen molar-refractivity contribution in [1.82, 2.24) is 0 Å². The Kier molecular flexibility index (Phi) is 5.90. The van der Waals surface area contributed by atoms with Crippen LogP contribution in [0.15, 0.2) is 36.4 Å². The highest BCUT2D eigenvalue weighted by atomic mass is 19.1. The van der Waals surface area contributed by atoms with Crippen molar-refractivity contribution in [2.45, 2.75) is 58.0 Å². The number of hydrogen-bond acceptors (Lipinski definition) is 2. The third kappa shape index (κ3) is 4.30. The fourth-order valence-electron chi connectivity index (χ4n) is 3.40. The van der Waals surface area contributed by atoms with Crippen molar-refractivity contribution in [3.63, 3.8) is 0 Å². The first-order valence-electron chi connectivity index (χ1n) is 9.34. The first kappa shape index (κ1) is 17.7. The van der Waals surface area contributed by atoms with Gasteiger partial charge in [0.25, 0.3) is 0 Å². The summed E-state index contributed by atoms with van der Waals surface area (Å²) in [6.45, 7) is 2.68. The Morgan fingerprint density at radius 3 is 2.84 bits per heavy atom. The first-order chi connectivity index (χ1) is 12.2. The largest absolute Gasteiger partial charge is 0.444 e. The van der Waals surface area contributed by atoms with Gasteiger partial charge in [-0.05, 0) is 49.5 Å². The molecule has 4 heteroatoms. The second-order valence-corrected chi connectivity index (χ2v) is 6.77. The first-order valence-corrected chi connectivity index (χ1v) is 9.34. The van der Waals surface area contributed by atoms with Crippen LogP contribution in [-0.4, -0.2) is 18.7 Å². The summed E-state index contributed by atoms with van der Waals surface area (Å²) in [5.74, 6) is -0.297. The molecular weight excluding hydrogens is 317 g/mol. The summed E-state index contributed by atoms with van der Waals surface area (Å²) < 4.78 is 20.0. The third-order valence-electron chi connectivity index (χ3n) is 4.82. The fraction of sp³-hybridized carbons (Fsp3) is 0.476. The predicted molar refractivity (Wildman–Crippen MR) is 99.1 cm³/mol. The molecule has 1 aromatic rings. The van der Waals surface area contributed by atoms with Gasteiger partial charge in [-0.2, -0.15) is 0 Å². The number of carbonyl (C=O) groups excluding carboxylic acids is 1. The minimum absolute atomic E-state index is 0.0870. The average molecular weight is 343 g/mol. The molecule has 1 aromatic carbocycles. The van der Waals surface area contributed by atoms with Gasteiger partial charge in [0.05, 0.1) is 12.2 Å². The maximum atomic E-state index is 14.5. The highest BCUT2D eigenvalue weighted by molar-refractivity contribution is 5.90. The number of anilines is 1. The Balaban J connectivity index is 1.65. The van der Waals surface area contributed by atoms with Crippen LogP contribution in [0.25, 0.3) is 5.57 Å². The van der Waals surface area contributed by atoms with Gasteiger partial charge in [0, 0.05) is 5.56 Å². The van der Waals surface area contributed by atoms with Crippen molar-refractivity contribution in [1.29, 1.82) is 0 Å². The number of ether oxygens (including phenoxy) is 1. The molecule has 0 bridgehead atoms. The van der Waals surface area contributed by atoms with E-state index in [9.17, 15) is 9.18 Å². The van der Waals surface area contributed by atoms with Crippen molar-refractivity contribution in [2.24, 2.45) is 0 Å². The summed E-state index contributed by atoms with van der Waals surface area (Å²) in [5, 5.41) is 0. The molecule has 0 spiro atoms. The topological polar surface area (TPSA) is 29.5 Å². The van der Waals surface area contributed by atoms with E-state index >= 15 is 0 Å². The van der Waals surface area contributed by atoms with E-state index in [1.807, 2.05) is 12.1 Å². The molecule has 134 valence electrons. The van der Waals surface area contributed by atoms with Gasteiger partial charge in [-0.3, -0.25) is 4.90 Å². The summed E-state index contributed by atoms with van der Waals surface area (Å²) in [6.07, 6.45) is 13.0. The zero-order valence-corrected chi connectivity index (χ0v) is 14.8. The Hall–Kier alpha value is -2.10. The van der Waals surface area contributed by atoms with Crippen molar-refractivity contribution >= 4 is 17.4 Å². The fourth-order valence-corrected chi connectivity index (χ4v) is 3.40. The molecule has 0 aromatic heterocycles. The standard InChI is InChI=1S/C21H26FNO2/c1-2-3-4-8-11-18-15-23(21(24)25-18)17-12-13-19(20(22)14-17)16-9-6-5-7-10-16/h6,9-10,12-14,18H,2-5,7-8,11,15H2,1H3/t18-/m1/s1. The summed E-state index contributed by atoms with van der Waals surface area (Å²) in [6, 6.07) is 5.01. The van der Waals surface area contributed by atoms with Crippen LogP contribution in [0.4, 0.5) is 14.9 Å².